The second-order valence-electron chi connectivity index (χ2n) is 9.23. The normalized spacial score (nSPS) is 16.2. The lowest BCUT2D eigenvalue weighted by Gasteiger charge is -2.32. The van der Waals surface area contributed by atoms with Crippen molar-refractivity contribution in [1.29, 1.82) is 0 Å². The first-order chi connectivity index (χ1) is 15.9. The maximum Gasteiger partial charge on any atom is 0.223 e. The summed E-state index contributed by atoms with van der Waals surface area (Å²) in [5.74, 6) is 2.12. The minimum Gasteiger partial charge on any atom is -0.461 e. The minimum absolute atomic E-state index is 0.0738. The van der Waals surface area contributed by atoms with Crippen molar-refractivity contribution in [2.45, 2.75) is 52.9 Å². The summed E-state index contributed by atoms with van der Waals surface area (Å²) >= 11 is 5.82. The van der Waals surface area contributed by atoms with Crippen molar-refractivity contribution in [2.24, 2.45) is 11.8 Å². The van der Waals surface area contributed by atoms with Crippen LogP contribution in [0.5, 0.6) is 0 Å². The fourth-order valence-electron chi connectivity index (χ4n) is 4.06. The van der Waals surface area contributed by atoms with Gasteiger partial charge in [0.05, 0.1) is 19.5 Å². The zero-order valence-electron chi connectivity index (χ0n) is 19.6. The van der Waals surface area contributed by atoms with Crippen molar-refractivity contribution in [1.82, 2.24) is 24.6 Å². The van der Waals surface area contributed by atoms with Crippen LogP contribution in [0.4, 0.5) is 0 Å². The van der Waals surface area contributed by atoms with Crippen LogP contribution in [0.2, 0.25) is 0 Å². The molecule has 1 aliphatic rings. The van der Waals surface area contributed by atoms with Crippen LogP contribution in [0.1, 0.15) is 39.2 Å². The van der Waals surface area contributed by atoms with Gasteiger partial charge in [0.1, 0.15) is 0 Å². The van der Waals surface area contributed by atoms with Crippen LogP contribution in [0.3, 0.4) is 0 Å². The van der Waals surface area contributed by atoms with Crippen molar-refractivity contribution in [3.05, 3.63) is 59.1 Å². The second kappa shape index (κ2) is 10.5. The molecular formula is C25H33N5O2S. The molecule has 0 saturated carbocycles. The van der Waals surface area contributed by atoms with Gasteiger partial charge in [-0.15, -0.1) is 5.10 Å². The van der Waals surface area contributed by atoms with E-state index in [0.717, 1.165) is 37.3 Å². The SMILES string of the molecule is CC(C)C(C)NC(=O)C1CCN(Cn2nc(-c3ccco3)n(Cc3ccccc3)c2=S)CC1. The number of amides is 1. The van der Waals surface area contributed by atoms with Gasteiger partial charge in [-0.1, -0.05) is 44.2 Å². The number of hydrogen-bond acceptors (Lipinski definition) is 5. The molecule has 1 unspecified atom stereocenters. The number of carbonyl (C=O) groups is 1. The van der Waals surface area contributed by atoms with Gasteiger partial charge in [0.15, 0.2) is 16.4 Å². The summed E-state index contributed by atoms with van der Waals surface area (Å²) in [4.78, 5) is 14.9. The van der Waals surface area contributed by atoms with Gasteiger partial charge < -0.3 is 9.73 Å². The number of likely N-dealkylation sites (tertiary alicyclic amines) is 1. The molecule has 0 radical (unpaired) electrons. The molecule has 3 aromatic rings. The third-order valence-electron chi connectivity index (χ3n) is 6.51. The molecule has 0 bridgehead atoms. The highest BCUT2D eigenvalue weighted by atomic mass is 32.1. The fraction of sp³-hybridized carbons (Fsp3) is 0.480. The summed E-state index contributed by atoms with van der Waals surface area (Å²) in [5.41, 5.74) is 1.16. The Kier molecular flexibility index (Phi) is 7.45. The van der Waals surface area contributed by atoms with E-state index in [2.05, 4.69) is 43.1 Å². The molecule has 33 heavy (non-hydrogen) atoms. The molecule has 0 spiro atoms. The predicted molar refractivity (Wildman–Crippen MR) is 131 cm³/mol. The fourth-order valence-corrected chi connectivity index (χ4v) is 4.31. The molecule has 3 heterocycles. The number of carbonyl (C=O) groups excluding carboxylic acids is 1. The largest absolute Gasteiger partial charge is 0.461 e. The number of furan rings is 1. The molecule has 1 aliphatic heterocycles. The average molecular weight is 468 g/mol. The number of piperidine rings is 1. The molecule has 1 fully saturated rings. The van der Waals surface area contributed by atoms with Crippen molar-refractivity contribution in [3.8, 4) is 11.6 Å². The first kappa shape index (κ1) is 23.4. The van der Waals surface area contributed by atoms with Crippen LogP contribution in [0, 0.1) is 16.6 Å². The Balaban J connectivity index is 1.45. The summed E-state index contributed by atoms with van der Waals surface area (Å²) < 4.78 is 10.2. The Labute approximate surface area is 200 Å². The van der Waals surface area contributed by atoms with Gasteiger partial charge in [-0.2, -0.15) is 0 Å². The predicted octanol–water partition coefficient (Wildman–Crippen LogP) is 4.55. The van der Waals surface area contributed by atoms with E-state index in [4.69, 9.17) is 21.7 Å². The smallest absolute Gasteiger partial charge is 0.223 e. The van der Waals surface area contributed by atoms with Crippen molar-refractivity contribution >= 4 is 18.1 Å². The maximum atomic E-state index is 12.6. The molecule has 8 heteroatoms. The number of nitrogens with zero attached hydrogens (tertiary/aromatic N) is 4. The lowest BCUT2D eigenvalue weighted by molar-refractivity contribution is -0.127. The molecule has 1 atom stereocenters. The Morgan fingerprint density at radius 1 is 1.15 bits per heavy atom. The van der Waals surface area contributed by atoms with Gasteiger partial charge in [0.25, 0.3) is 0 Å². The molecule has 176 valence electrons. The van der Waals surface area contributed by atoms with E-state index < -0.39 is 0 Å². The van der Waals surface area contributed by atoms with Gasteiger partial charge in [-0.25, -0.2) is 4.68 Å². The van der Waals surface area contributed by atoms with E-state index in [1.54, 1.807) is 6.26 Å². The minimum atomic E-state index is 0.0738. The van der Waals surface area contributed by atoms with Gasteiger partial charge in [-0.3, -0.25) is 14.3 Å². The van der Waals surface area contributed by atoms with Crippen LogP contribution >= 0.6 is 12.2 Å². The average Bonchev–Trinajstić information content (AvgIpc) is 3.44. The molecular weight excluding hydrogens is 434 g/mol. The Morgan fingerprint density at radius 3 is 2.52 bits per heavy atom. The van der Waals surface area contributed by atoms with Crippen LogP contribution < -0.4 is 5.32 Å². The van der Waals surface area contributed by atoms with Gasteiger partial charge in [0, 0.05) is 25.0 Å². The van der Waals surface area contributed by atoms with Crippen molar-refractivity contribution in [2.75, 3.05) is 13.1 Å². The van der Waals surface area contributed by atoms with E-state index in [-0.39, 0.29) is 17.9 Å². The summed E-state index contributed by atoms with van der Waals surface area (Å²) in [6, 6.07) is 14.2. The van der Waals surface area contributed by atoms with Gasteiger partial charge in [-0.05, 0) is 55.6 Å². The molecule has 2 aromatic heterocycles. The van der Waals surface area contributed by atoms with E-state index >= 15 is 0 Å². The molecule has 1 saturated heterocycles. The van der Waals surface area contributed by atoms with Crippen LogP contribution in [-0.2, 0) is 18.0 Å². The topological polar surface area (TPSA) is 68.2 Å². The van der Waals surface area contributed by atoms with Gasteiger partial charge in [0.2, 0.25) is 5.91 Å². The summed E-state index contributed by atoms with van der Waals surface area (Å²) in [6.45, 7) is 9.25. The molecule has 1 aromatic carbocycles. The Hall–Kier alpha value is -2.71. The monoisotopic (exact) mass is 467 g/mol. The van der Waals surface area contributed by atoms with Crippen LogP contribution in [0.15, 0.2) is 53.1 Å². The number of aromatic nitrogens is 3. The van der Waals surface area contributed by atoms with Crippen molar-refractivity contribution in [3.63, 3.8) is 0 Å². The van der Waals surface area contributed by atoms with Gasteiger partial charge >= 0.3 is 0 Å². The van der Waals surface area contributed by atoms with Crippen LogP contribution in [-0.4, -0.2) is 44.3 Å². The zero-order chi connectivity index (χ0) is 23.4. The zero-order valence-corrected chi connectivity index (χ0v) is 20.4. The molecule has 1 amide bonds. The summed E-state index contributed by atoms with van der Waals surface area (Å²) in [7, 11) is 0. The first-order valence-corrected chi connectivity index (χ1v) is 12.1. The van der Waals surface area contributed by atoms with E-state index in [1.807, 2.05) is 39.6 Å². The third kappa shape index (κ3) is 5.62. The lowest BCUT2D eigenvalue weighted by Crippen LogP contribution is -2.44. The number of rotatable bonds is 8. The number of nitrogens with one attached hydrogen (secondary N) is 1. The number of hydrogen-bond donors (Lipinski definition) is 1. The van der Waals surface area contributed by atoms with E-state index in [0.29, 0.717) is 29.7 Å². The molecule has 0 aliphatic carbocycles. The molecule has 7 nitrogen and oxygen atoms in total. The van der Waals surface area contributed by atoms with Crippen molar-refractivity contribution < 1.29 is 9.21 Å². The maximum absolute atomic E-state index is 12.6. The molecule has 4 rings (SSSR count). The molecule has 1 N–H and O–H groups in total. The Morgan fingerprint density at radius 2 is 1.88 bits per heavy atom. The lowest BCUT2D eigenvalue weighted by atomic mass is 9.95. The Bertz CT molecular complexity index is 1100. The second-order valence-corrected chi connectivity index (χ2v) is 9.59. The highest BCUT2D eigenvalue weighted by Gasteiger charge is 2.27. The quantitative estimate of drug-likeness (QED) is 0.492. The highest BCUT2D eigenvalue weighted by molar-refractivity contribution is 7.71. The summed E-state index contributed by atoms with van der Waals surface area (Å²) in [6.07, 6.45) is 3.35. The van der Waals surface area contributed by atoms with E-state index in [9.17, 15) is 4.79 Å². The third-order valence-corrected chi connectivity index (χ3v) is 6.94. The standard InChI is InChI=1S/C25H33N5O2S/c1-18(2)19(3)26-24(31)21-11-13-28(14-12-21)17-30-25(33)29(16-20-8-5-4-6-9-20)23(27-30)22-10-7-15-32-22/h4-10,15,18-19,21H,11-14,16-17H2,1-3H3,(H,26,31). The number of benzene rings is 1. The highest BCUT2D eigenvalue weighted by Crippen LogP contribution is 2.22. The van der Waals surface area contributed by atoms with E-state index in [1.165, 1.54) is 0 Å². The summed E-state index contributed by atoms with van der Waals surface area (Å²) in [5, 5.41) is 7.98. The van der Waals surface area contributed by atoms with Crippen LogP contribution in [0.25, 0.3) is 11.6 Å². The first-order valence-electron chi connectivity index (χ1n) is 11.7.